The normalized spacial score (nSPS) is 12.3. The highest BCUT2D eigenvalue weighted by Gasteiger charge is 2.25. The molecule has 1 aromatic carbocycles. The standard InChI is InChI=1S/C13H17BrN2O3/c1-8(2)9(3)15(4)13(17)10-6-5-7-11(12(10)14)16(18)19/h5-9H,1-4H3. The van der Waals surface area contributed by atoms with Crippen molar-refractivity contribution in [1.82, 2.24) is 4.90 Å². The molecular weight excluding hydrogens is 312 g/mol. The third-order valence-corrected chi connectivity index (χ3v) is 4.13. The van der Waals surface area contributed by atoms with Crippen LogP contribution in [-0.2, 0) is 0 Å². The summed E-state index contributed by atoms with van der Waals surface area (Å²) in [6.45, 7) is 6.00. The van der Waals surface area contributed by atoms with Crippen LogP contribution in [0.4, 0.5) is 5.69 Å². The van der Waals surface area contributed by atoms with Crippen molar-refractivity contribution in [2.75, 3.05) is 7.05 Å². The minimum atomic E-state index is -0.507. The van der Waals surface area contributed by atoms with Gasteiger partial charge in [-0.2, -0.15) is 0 Å². The SMILES string of the molecule is CC(C)C(C)N(C)C(=O)c1cccc([N+](=O)[O-])c1Br. The summed E-state index contributed by atoms with van der Waals surface area (Å²) in [4.78, 5) is 24.3. The lowest BCUT2D eigenvalue weighted by atomic mass is 10.0. The van der Waals surface area contributed by atoms with Crippen LogP contribution in [-0.4, -0.2) is 28.8 Å². The molecule has 1 atom stereocenters. The van der Waals surface area contributed by atoms with Crippen molar-refractivity contribution >= 4 is 27.5 Å². The minimum absolute atomic E-state index is 0.0543. The largest absolute Gasteiger partial charge is 0.339 e. The van der Waals surface area contributed by atoms with E-state index in [0.29, 0.717) is 11.5 Å². The van der Waals surface area contributed by atoms with Crippen molar-refractivity contribution in [2.45, 2.75) is 26.8 Å². The Morgan fingerprint density at radius 3 is 2.42 bits per heavy atom. The van der Waals surface area contributed by atoms with Gasteiger partial charge in [-0.05, 0) is 34.8 Å². The van der Waals surface area contributed by atoms with Crippen LogP contribution in [0.15, 0.2) is 22.7 Å². The van der Waals surface area contributed by atoms with E-state index in [1.54, 1.807) is 18.0 Å². The fourth-order valence-corrected chi connectivity index (χ4v) is 2.23. The monoisotopic (exact) mass is 328 g/mol. The molecule has 1 amide bonds. The second-order valence-electron chi connectivity index (χ2n) is 4.80. The number of carbonyl (C=O) groups excluding carboxylic acids is 1. The molecular formula is C13H17BrN2O3. The van der Waals surface area contributed by atoms with Gasteiger partial charge in [0.1, 0.15) is 4.47 Å². The van der Waals surface area contributed by atoms with E-state index in [2.05, 4.69) is 15.9 Å². The number of nitrogens with zero attached hydrogens (tertiary/aromatic N) is 2. The van der Waals surface area contributed by atoms with Gasteiger partial charge in [0.05, 0.1) is 10.5 Å². The fraction of sp³-hybridized carbons (Fsp3) is 0.462. The minimum Gasteiger partial charge on any atom is -0.339 e. The number of rotatable bonds is 4. The first-order valence-corrected chi connectivity index (χ1v) is 6.76. The number of hydrogen-bond acceptors (Lipinski definition) is 3. The maximum atomic E-state index is 12.4. The molecule has 0 saturated heterocycles. The van der Waals surface area contributed by atoms with Crippen molar-refractivity contribution in [2.24, 2.45) is 5.92 Å². The Balaban J connectivity index is 3.14. The topological polar surface area (TPSA) is 63.5 Å². The molecule has 1 rings (SSSR count). The Hall–Kier alpha value is -1.43. The van der Waals surface area contributed by atoms with Crippen LogP contribution in [0.1, 0.15) is 31.1 Å². The number of benzene rings is 1. The van der Waals surface area contributed by atoms with Crippen LogP contribution in [0.5, 0.6) is 0 Å². The molecule has 0 aliphatic rings. The molecule has 0 radical (unpaired) electrons. The Kier molecular flexibility index (Phi) is 5.05. The first-order valence-electron chi connectivity index (χ1n) is 5.97. The van der Waals surface area contributed by atoms with E-state index in [4.69, 9.17) is 0 Å². The molecule has 0 spiro atoms. The highest BCUT2D eigenvalue weighted by atomic mass is 79.9. The molecule has 0 aliphatic carbocycles. The number of halogens is 1. The lowest BCUT2D eigenvalue weighted by Crippen LogP contribution is -2.38. The van der Waals surface area contributed by atoms with Gasteiger partial charge in [-0.3, -0.25) is 14.9 Å². The summed E-state index contributed by atoms with van der Waals surface area (Å²) in [5.41, 5.74) is 0.209. The molecule has 0 heterocycles. The van der Waals surface area contributed by atoms with Crippen LogP contribution in [0.3, 0.4) is 0 Å². The van der Waals surface area contributed by atoms with Gasteiger partial charge >= 0.3 is 0 Å². The molecule has 0 aromatic heterocycles. The van der Waals surface area contributed by atoms with E-state index in [-0.39, 0.29) is 22.1 Å². The average molecular weight is 329 g/mol. The average Bonchev–Trinajstić information content (AvgIpc) is 2.35. The van der Waals surface area contributed by atoms with Crippen LogP contribution in [0.2, 0.25) is 0 Å². The van der Waals surface area contributed by atoms with E-state index in [1.807, 2.05) is 20.8 Å². The van der Waals surface area contributed by atoms with E-state index in [1.165, 1.54) is 12.1 Å². The van der Waals surface area contributed by atoms with Crippen molar-refractivity contribution in [1.29, 1.82) is 0 Å². The van der Waals surface area contributed by atoms with Gasteiger partial charge < -0.3 is 4.90 Å². The van der Waals surface area contributed by atoms with Crippen molar-refractivity contribution in [3.05, 3.63) is 38.3 Å². The Bertz CT molecular complexity index is 503. The molecule has 19 heavy (non-hydrogen) atoms. The maximum absolute atomic E-state index is 12.4. The third-order valence-electron chi connectivity index (χ3n) is 3.30. The lowest BCUT2D eigenvalue weighted by Gasteiger charge is -2.28. The maximum Gasteiger partial charge on any atom is 0.284 e. The molecule has 0 fully saturated rings. The molecule has 6 heteroatoms. The number of carbonyl (C=O) groups is 1. The lowest BCUT2D eigenvalue weighted by molar-refractivity contribution is -0.385. The van der Waals surface area contributed by atoms with E-state index >= 15 is 0 Å². The smallest absolute Gasteiger partial charge is 0.284 e. The second-order valence-corrected chi connectivity index (χ2v) is 5.59. The molecule has 0 N–H and O–H groups in total. The van der Waals surface area contributed by atoms with Gasteiger partial charge in [0.2, 0.25) is 0 Å². The van der Waals surface area contributed by atoms with E-state index < -0.39 is 4.92 Å². The summed E-state index contributed by atoms with van der Waals surface area (Å²) in [6.07, 6.45) is 0. The Morgan fingerprint density at radius 1 is 1.37 bits per heavy atom. The summed E-state index contributed by atoms with van der Waals surface area (Å²) >= 11 is 3.15. The first kappa shape index (κ1) is 15.6. The summed E-state index contributed by atoms with van der Waals surface area (Å²) in [5.74, 6) is 0.0863. The van der Waals surface area contributed by atoms with E-state index in [0.717, 1.165) is 0 Å². The highest BCUT2D eigenvalue weighted by Crippen LogP contribution is 2.29. The number of hydrogen-bond donors (Lipinski definition) is 0. The van der Waals surface area contributed by atoms with Crippen molar-refractivity contribution < 1.29 is 9.72 Å². The zero-order chi connectivity index (χ0) is 14.7. The molecule has 104 valence electrons. The molecule has 0 saturated carbocycles. The molecule has 5 nitrogen and oxygen atoms in total. The molecule has 1 unspecified atom stereocenters. The zero-order valence-corrected chi connectivity index (χ0v) is 13.0. The zero-order valence-electron chi connectivity index (χ0n) is 11.4. The van der Waals surface area contributed by atoms with Crippen molar-refractivity contribution in [3.8, 4) is 0 Å². The number of nitro groups is 1. The van der Waals surface area contributed by atoms with E-state index in [9.17, 15) is 14.9 Å². The van der Waals surface area contributed by atoms with Gasteiger partial charge in [0, 0.05) is 19.2 Å². The predicted octanol–water partition coefficient (Wildman–Crippen LogP) is 3.47. The summed E-state index contributed by atoms with van der Waals surface area (Å²) in [5, 5.41) is 10.9. The van der Waals surface area contributed by atoms with Crippen LogP contribution in [0.25, 0.3) is 0 Å². The van der Waals surface area contributed by atoms with Gasteiger partial charge in [0.25, 0.3) is 11.6 Å². The third kappa shape index (κ3) is 3.32. The van der Waals surface area contributed by atoms with Crippen LogP contribution in [0, 0.1) is 16.0 Å². The Labute approximate surface area is 120 Å². The quantitative estimate of drug-likeness (QED) is 0.627. The predicted molar refractivity (Wildman–Crippen MR) is 77.2 cm³/mol. The van der Waals surface area contributed by atoms with Crippen LogP contribution < -0.4 is 0 Å². The summed E-state index contributed by atoms with van der Waals surface area (Å²) in [6, 6.07) is 4.53. The highest BCUT2D eigenvalue weighted by molar-refractivity contribution is 9.10. The summed E-state index contributed by atoms with van der Waals surface area (Å²) in [7, 11) is 1.71. The molecule has 1 aromatic rings. The number of nitro benzene ring substituents is 1. The molecule has 0 aliphatic heterocycles. The number of amides is 1. The Morgan fingerprint density at radius 2 is 1.95 bits per heavy atom. The summed E-state index contributed by atoms with van der Waals surface area (Å²) < 4.78 is 0.229. The van der Waals surface area contributed by atoms with Gasteiger partial charge in [-0.1, -0.05) is 19.9 Å². The van der Waals surface area contributed by atoms with Gasteiger partial charge in [-0.25, -0.2) is 0 Å². The van der Waals surface area contributed by atoms with Crippen molar-refractivity contribution in [3.63, 3.8) is 0 Å². The molecule has 0 bridgehead atoms. The first-order chi connectivity index (χ1) is 8.77. The fourth-order valence-electron chi connectivity index (χ4n) is 1.65. The van der Waals surface area contributed by atoms with Crippen LogP contribution >= 0.6 is 15.9 Å². The second kappa shape index (κ2) is 6.14. The van der Waals surface area contributed by atoms with Gasteiger partial charge in [-0.15, -0.1) is 0 Å². The van der Waals surface area contributed by atoms with Gasteiger partial charge in [0.15, 0.2) is 0 Å².